The SMILES string of the molecule is COC1C=CC=C2C(OCCC(C)C)=CC(C(=O)C[n+]3ccn(CCC4CC=CCC4)c3)=C(OCCC(C)C)C21. The minimum absolute atomic E-state index is 0.0214. The number of hydrogen-bond donors (Lipinski definition) is 0. The van der Waals surface area contributed by atoms with E-state index in [0.29, 0.717) is 36.4 Å². The van der Waals surface area contributed by atoms with E-state index in [0.717, 1.165) is 43.1 Å². The third kappa shape index (κ3) is 8.09. The van der Waals surface area contributed by atoms with Crippen LogP contribution in [0.4, 0.5) is 0 Å². The molecule has 1 aromatic heterocycles. The monoisotopic (exact) mass is 549 g/mol. The van der Waals surface area contributed by atoms with Gasteiger partial charge in [0, 0.05) is 12.7 Å². The Hall–Kier alpha value is -2.86. The molecule has 4 rings (SSSR count). The van der Waals surface area contributed by atoms with Crippen molar-refractivity contribution >= 4 is 5.78 Å². The predicted molar refractivity (Wildman–Crippen MR) is 158 cm³/mol. The summed E-state index contributed by atoms with van der Waals surface area (Å²) in [5, 5.41) is 0. The Labute approximate surface area is 241 Å². The third-order valence-electron chi connectivity index (χ3n) is 8.07. The molecule has 6 nitrogen and oxygen atoms in total. The van der Waals surface area contributed by atoms with Crippen LogP contribution < -0.4 is 4.57 Å². The van der Waals surface area contributed by atoms with Crippen LogP contribution in [0.3, 0.4) is 0 Å². The van der Waals surface area contributed by atoms with Gasteiger partial charge in [-0.1, -0.05) is 58.1 Å². The molecule has 40 heavy (non-hydrogen) atoms. The third-order valence-corrected chi connectivity index (χ3v) is 8.07. The van der Waals surface area contributed by atoms with Crippen molar-refractivity contribution in [2.45, 2.75) is 85.4 Å². The zero-order valence-electron chi connectivity index (χ0n) is 25.2. The van der Waals surface area contributed by atoms with Gasteiger partial charge in [0.25, 0.3) is 0 Å². The normalized spacial score (nSPS) is 22.4. The standard InChI is InChI=1S/C34H49N2O4/c1-25(2)15-20-39-32-22-29(34(40-21-16-26(3)4)33-28(32)12-9-13-31(33)38-5)30(37)23-36-19-18-35(24-36)17-14-27-10-7-6-8-11-27/h6-7,9,12-13,18-19,22,24-27,31,33H,8,10-11,14-17,20-21,23H2,1-5H3/q+1. The fourth-order valence-electron chi connectivity index (χ4n) is 5.54. The van der Waals surface area contributed by atoms with Gasteiger partial charge in [-0.05, 0) is 62.4 Å². The summed E-state index contributed by atoms with van der Waals surface area (Å²) in [5.41, 5.74) is 1.61. The highest BCUT2D eigenvalue weighted by Gasteiger charge is 2.39. The average Bonchev–Trinajstić information content (AvgIpc) is 3.39. The number of nitrogens with zero attached hydrogens (tertiary/aromatic N) is 2. The van der Waals surface area contributed by atoms with E-state index in [-0.39, 0.29) is 24.3 Å². The van der Waals surface area contributed by atoms with Gasteiger partial charge in [0.05, 0.1) is 37.4 Å². The quantitative estimate of drug-likeness (QED) is 0.185. The van der Waals surface area contributed by atoms with Crippen LogP contribution >= 0.6 is 0 Å². The molecule has 0 saturated heterocycles. The Morgan fingerprint density at radius 1 is 1.10 bits per heavy atom. The van der Waals surface area contributed by atoms with Gasteiger partial charge in [-0.25, -0.2) is 9.13 Å². The Kier molecular flexibility index (Phi) is 11.0. The molecule has 6 heteroatoms. The largest absolute Gasteiger partial charge is 0.496 e. The molecule has 0 fully saturated rings. The molecule has 1 heterocycles. The molecule has 0 saturated carbocycles. The zero-order chi connectivity index (χ0) is 28.5. The second kappa shape index (κ2) is 14.7. The lowest BCUT2D eigenvalue weighted by atomic mass is 9.79. The fraction of sp³-hybridized carbons (Fsp3) is 0.588. The number of rotatable bonds is 15. The van der Waals surface area contributed by atoms with Crippen molar-refractivity contribution in [2.75, 3.05) is 20.3 Å². The van der Waals surface area contributed by atoms with Crippen LogP contribution in [-0.4, -0.2) is 36.8 Å². The lowest BCUT2D eigenvalue weighted by Crippen LogP contribution is -2.39. The molecule has 3 unspecified atom stereocenters. The first-order valence-electron chi connectivity index (χ1n) is 15.2. The van der Waals surface area contributed by atoms with Crippen LogP contribution in [0.25, 0.3) is 0 Å². The molecule has 0 aliphatic heterocycles. The number of aryl methyl sites for hydroxylation is 1. The number of ether oxygens (including phenoxy) is 3. The lowest BCUT2D eigenvalue weighted by Gasteiger charge is -2.35. The summed E-state index contributed by atoms with van der Waals surface area (Å²) >= 11 is 0. The number of carbonyl (C=O) groups is 1. The number of imidazole rings is 1. The Balaban J connectivity index is 1.57. The number of hydrogen-bond acceptors (Lipinski definition) is 4. The molecule has 3 aliphatic rings. The van der Waals surface area contributed by atoms with Crippen molar-refractivity contribution in [3.63, 3.8) is 0 Å². The van der Waals surface area contributed by atoms with Crippen LogP contribution in [0.2, 0.25) is 0 Å². The van der Waals surface area contributed by atoms with Gasteiger partial charge in [-0.3, -0.25) is 4.79 Å². The summed E-state index contributed by atoms with van der Waals surface area (Å²) in [6.45, 7) is 11.1. The first-order valence-corrected chi connectivity index (χ1v) is 15.2. The predicted octanol–water partition coefficient (Wildman–Crippen LogP) is 6.50. The number of aromatic nitrogens is 2. The van der Waals surface area contributed by atoms with Crippen LogP contribution in [-0.2, 0) is 32.1 Å². The van der Waals surface area contributed by atoms with E-state index in [1.807, 2.05) is 29.0 Å². The van der Waals surface area contributed by atoms with Gasteiger partial charge >= 0.3 is 0 Å². The highest BCUT2D eigenvalue weighted by atomic mass is 16.5. The molecule has 3 aliphatic carbocycles. The second-order valence-electron chi connectivity index (χ2n) is 12.2. The van der Waals surface area contributed by atoms with E-state index in [1.54, 1.807) is 7.11 Å². The number of fused-ring (bicyclic) bond motifs is 1. The fourth-order valence-corrected chi connectivity index (χ4v) is 5.54. The Morgan fingerprint density at radius 3 is 2.58 bits per heavy atom. The Bertz CT molecular complexity index is 1150. The molecule has 3 atom stereocenters. The molecule has 0 spiro atoms. The highest BCUT2D eigenvalue weighted by Crippen LogP contribution is 2.41. The number of allylic oxidation sites excluding steroid dienone is 7. The van der Waals surface area contributed by atoms with Crippen LogP contribution in [0, 0.1) is 23.7 Å². The maximum Gasteiger partial charge on any atom is 0.244 e. The summed E-state index contributed by atoms with van der Waals surface area (Å²) < 4.78 is 22.8. The molecule has 218 valence electrons. The molecule has 1 aromatic rings. The molecular weight excluding hydrogens is 500 g/mol. The van der Waals surface area contributed by atoms with E-state index in [4.69, 9.17) is 14.2 Å². The van der Waals surface area contributed by atoms with Crippen LogP contribution in [0.5, 0.6) is 0 Å². The summed E-state index contributed by atoms with van der Waals surface area (Å²) in [6.07, 6.45) is 25.2. The second-order valence-corrected chi connectivity index (χ2v) is 12.2. The van der Waals surface area contributed by atoms with Crippen molar-refractivity contribution in [2.24, 2.45) is 23.7 Å². The smallest absolute Gasteiger partial charge is 0.244 e. The van der Waals surface area contributed by atoms with Crippen molar-refractivity contribution in [1.82, 2.24) is 4.57 Å². The maximum absolute atomic E-state index is 13.9. The topological polar surface area (TPSA) is 53.6 Å². The molecule has 0 amide bonds. The molecular formula is C34H49N2O4+. The highest BCUT2D eigenvalue weighted by molar-refractivity contribution is 5.98. The minimum atomic E-state index is -0.224. The van der Waals surface area contributed by atoms with Crippen molar-refractivity contribution in [3.05, 3.63) is 77.8 Å². The first-order chi connectivity index (χ1) is 19.4. The van der Waals surface area contributed by atoms with Crippen LogP contribution in [0.1, 0.15) is 66.2 Å². The summed E-state index contributed by atoms with van der Waals surface area (Å²) in [5.74, 6) is 3.06. The van der Waals surface area contributed by atoms with Gasteiger partial charge in [0.2, 0.25) is 12.1 Å². The van der Waals surface area contributed by atoms with E-state index in [2.05, 4.69) is 63.0 Å². The minimum Gasteiger partial charge on any atom is -0.496 e. The van der Waals surface area contributed by atoms with E-state index in [9.17, 15) is 4.79 Å². The molecule has 0 bridgehead atoms. The number of carbonyl (C=O) groups excluding carboxylic acids is 1. The van der Waals surface area contributed by atoms with Crippen molar-refractivity contribution in [3.8, 4) is 0 Å². The van der Waals surface area contributed by atoms with E-state index >= 15 is 0 Å². The number of Topliss-reactive ketones (excluding diaryl/α,β-unsaturated/α-hetero) is 1. The van der Waals surface area contributed by atoms with Gasteiger partial charge < -0.3 is 14.2 Å². The van der Waals surface area contributed by atoms with Gasteiger partial charge in [-0.15, -0.1) is 0 Å². The average molecular weight is 550 g/mol. The van der Waals surface area contributed by atoms with Crippen molar-refractivity contribution in [1.29, 1.82) is 0 Å². The van der Waals surface area contributed by atoms with E-state index < -0.39 is 0 Å². The van der Waals surface area contributed by atoms with Crippen LogP contribution in [0.15, 0.2) is 77.8 Å². The molecule has 0 N–H and O–H groups in total. The maximum atomic E-state index is 13.9. The zero-order valence-corrected chi connectivity index (χ0v) is 25.2. The van der Waals surface area contributed by atoms with Gasteiger partial charge in [0.15, 0.2) is 6.54 Å². The Morgan fingerprint density at radius 2 is 1.88 bits per heavy atom. The number of ketones is 1. The summed E-state index contributed by atoms with van der Waals surface area (Å²) in [6, 6.07) is 0. The lowest BCUT2D eigenvalue weighted by molar-refractivity contribution is -0.683. The van der Waals surface area contributed by atoms with Crippen molar-refractivity contribution < 1.29 is 23.6 Å². The first kappa shape index (κ1) is 30.1. The summed E-state index contributed by atoms with van der Waals surface area (Å²) in [7, 11) is 1.71. The summed E-state index contributed by atoms with van der Waals surface area (Å²) in [4.78, 5) is 13.9. The molecule has 0 radical (unpaired) electrons. The van der Waals surface area contributed by atoms with E-state index in [1.165, 1.54) is 19.3 Å². The van der Waals surface area contributed by atoms with Gasteiger partial charge in [0.1, 0.15) is 23.9 Å². The molecule has 0 aromatic carbocycles. The van der Waals surface area contributed by atoms with Gasteiger partial charge in [-0.2, -0.15) is 0 Å². The number of methoxy groups -OCH3 is 1.